The van der Waals surface area contributed by atoms with Crippen LogP contribution < -0.4 is 16.4 Å². The largest absolute Gasteiger partial charge is 0.489 e. The summed E-state index contributed by atoms with van der Waals surface area (Å²) in [5, 5.41) is 5.61. The maximum atomic E-state index is 14.0. The third kappa shape index (κ3) is 6.30. The number of benzene rings is 1. The summed E-state index contributed by atoms with van der Waals surface area (Å²) >= 11 is 0. The molecule has 12 heteroatoms. The van der Waals surface area contributed by atoms with Gasteiger partial charge in [-0.25, -0.2) is 13.2 Å². The molecule has 0 spiro atoms. The highest BCUT2D eigenvalue weighted by molar-refractivity contribution is 5.94. The molecule has 6 nitrogen and oxygen atoms in total. The number of rotatable bonds is 8. The van der Waals surface area contributed by atoms with Crippen molar-refractivity contribution in [2.45, 2.75) is 58.1 Å². The quantitative estimate of drug-likeness (QED) is 0.368. The van der Waals surface area contributed by atoms with Crippen LogP contribution in [0.15, 0.2) is 47.1 Å². The van der Waals surface area contributed by atoms with Crippen molar-refractivity contribution >= 4 is 5.91 Å². The summed E-state index contributed by atoms with van der Waals surface area (Å²) in [5.74, 6) is -3.88. The van der Waals surface area contributed by atoms with Gasteiger partial charge in [0.2, 0.25) is 0 Å². The van der Waals surface area contributed by atoms with E-state index in [1.807, 2.05) is 0 Å². The first-order chi connectivity index (χ1) is 16.2. The van der Waals surface area contributed by atoms with E-state index in [2.05, 4.69) is 10.6 Å². The second-order valence-corrected chi connectivity index (χ2v) is 8.91. The Bertz CT molecular complexity index is 1090. The van der Waals surface area contributed by atoms with E-state index in [9.17, 15) is 31.1 Å². The first-order valence-electron chi connectivity index (χ1n) is 10.7. The van der Waals surface area contributed by atoms with E-state index in [1.54, 1.807) is 26.1 Å². The van der Waals surface area contributed by atoms with Crippen LogP contribution in [0.1, 0.15) is 39.2 Å². The Hall–Kier alpha value is -3.15. The molecule has 2 aliphatic heterocycles. The topological polar surface area (TPSA) is 79.6 Å². The molecule has 4 N–H and O–H groups in total. The van der Waals surface area contributed by atoms with Gasteiger partial charge in [-0.3, -0.25) is 4.79 Å². The molecule has 0 bridgehead atoms. The molecular formula is C23H26F6N4O2. The molecule has 2 aliphatic rings. The Morgan fingerprint density at radius 3 is 2.49 bits per heavy atom. The Morgan fingerprint density at radius 1 is 1.17 bits per heavy atom. The summed E-state index contributed by atoms with van der Waals surface area (Å²) in [7, 11) is 0. The maximum absolute atomic E-state index is 14.0. The minimum Gasteiger partial charge on any atom is -0.489 e. The molecule has 35 heavy (non-hydrogen) atoms. The minimum atomic E-state index is -4.36. The molecule has 0 fully saturated rings. The Morgan fingerprint density at radius 2 is 1.83 bits per heavy atom. The number of halogens is 6. The average Bonchev–Trinajstić information content (AvgIpc) is 3.08. The lowest BCUT2D eigenvalue weighted by molar-refractivity contribution is -0.138. The standard InChI is InChI=1S/C23H26F6N4O2/c1-12-8-17(35-10-14-15(24)4-5-16(25)18(14)26)20-32-13(2)19(33(20)9-12)21(34)31-11-22(3,30)6-7-23(27,28)29/h4-5,8-9,20,32H,6-7,10-11,30H2,1-3H3,(H,31,34). The molecule has 0 aromatic heterocycles. The number of hydrogen-bond donors (Lipinski definition) is 3. The average molecular weight is 504 g/mol. The summed E-state index contributed by atoms with van der Waals surface area (Å²) in [4.78, 5) is 14.5. The number of alkyl halides is 3. The predicted molar refractivity (Wildman–Crippen MR) is 115 cm³/mol. The van der Waals surface area contributed by atoms with Gasteiger partial charge in [-0.1, -0.05) is 0 Å². The third-order valence-electron chi connectivity index (χ3n) is 5.60. The van der Waals surface area contributed by atoms with Crippen LogP contribution in [0.5, 0.6) is 0 Å². The first kappa shape index (κ1) is 26.5. The molecule has 3 rings (SSSR count). The van der Waals surface area contributed by atoms with Crippen molar-refractivity contribution < 1.29 is 35.9 Å². The smallest absolute Gasteiger partial charge is 0.389 e. The predicted octanol–water partition coefficient (Wildman–Crippen LogP) is 4.06. The molecule has 0 aliphatic carbocycles. The monoisotopic (exact) mass is 504 g/mol. The number of carbonyl (C=O) groups is 1. The van der Waals surface area contributed by atoms with E-state index in [-0.39, 0.29) is 24.4 Å². The van der Waals surface area contributed by atoms with E-state index in [1.165, 1.54) is 11.8 Å². The van der Waals surface area contributed by atoms with E-state index >= 15 is 0 Å². The lowest BCUT2D eigenvalue weighted by Gasteiger charge is -2.31. The molecule has 2 unspecified atom stereocenters. The van der Waals surface area contributed by atoms with Gasteiger partial charge in [0.1, 0.15) is 23.9 Å². The molecule has 0 saturated heterocycles. The van der Waals surface area contributed by atoms with Gasteiger partial charge in [0.15, 0.2) is 17.8 Å². The van der Waals surface area contributed by atoms with Gasteiger partial charge in [0.25, 0.3) is 5.91 Å². The molecule has 192 valence electrons. The number of nitrogens with one attached hydrogen (secondary N) is 2. The molecule has 1 amide bonds. The zero-order chi connectivity index (χ0) is 26.1. The van der Waals surface area contributed by atoms with Gasteiger partial charge in [-0.15, -0.1) is 0 Å². The van der Waals surface area contributed by atoms with Crippen LogP contribution in [-0.4, -0.2) is 35.2 Å². The molecule has 1 aromatic rings. The van der Waals surface area contributed by atoms with Crippen molar-refractivity contribution in [2.75, 3.05) is 6.54 Å². The lowest BCUT2D eigenvalue weighted by atomic mass is 9.97. The van der Waals surface area contributed by atoms with E-state index in [4.69, 9.17) is 10.5 Å². The number of hydrogen-bond acceptors (Lipinski definition) is 5. The first-order valence-corrected chi connectivity index (χ1v) is 10.7. The molecular weight excluding hydrogens is 478 g/mol. The summed E-state index contributed by atoms with van der Waals surface area (Å²) in [6.45, 7) is 3.95. The van der Waals surface area contributed by atoms with E-state index < -0.39 is 59.8 Å². The number of nitrogens with two attached hydrogens (primary N) is 1. The zero-order valence-corrected chi connectivity index (χ0v) is 19.3. The molecule has 2 heterocycles. The van der Waals surface area contributed by atoms with Crippen LogP contribution in [0.3, 0.4) is 0 Å². The number of nitrogens with zero attached hydrogens (tertiary/aromatic N) is 1. The van der Waals surface area contributed by atoms with Gasteiger partial charge >= 0.3 is 6.18 Å². The number of fused-ring (bicyclic) bond motifs is 1. The SMILES string of the molecule is CC1=CN2C(C(=O)NCC(C)(N)CCC(F)(F)F)=C(C)NC2C(OCc2c(F)ccc(F)c2F)=C1. The van der Waals surface area contributed by atoms with Crippen molar-refractivity contribution in [3.05, 3.63) is 70.2 Å². The number of amides is 1. The number of allylic oxidation sites excluding steroid dienone is 3. The van der Waals surface area contributed by atoms with Crippen LogP contribution in [0.2, 0.25) is 0 Å². The van der Waals surface area contributed by atoms with Crippen LogP contribution in [-0.2, 0) is 16.1 Å². The summed E-state index contributed by atoms with van der Waals surface area (Å²) in [5.41, 5.74) is 5.32. The van der Waals surface area contributed by atoms with Gasteiger partial charge in [0, 0.05) is 30.4 Å². The molecule has 1 aromatic carbocycles. The van der Waals surface area contributed by atoms with Crippen LogP contribution in [0, 0.1) is 17.5 Å². The third-order valence-corrected chi connectivity index (χ3v) is 5.60. The highest BCUT2D eigenvalue weighted by atomic mass is 19.4. The van der Waals surface area contributed by atoms with Gasteiger partial charge < -0.3 is 26.0 Å². The second kappa shape index (κ2) is 9.84. The minimum absolute atomic E-state index is 0.179. The Labute approximate surface area is 198 Å². The second-order valence-electron chi connectivity index (χ2n) is 8.91. The van der Waals surface area contributed by atoms with Crippen molar-refractivity contribution in [1.82, 2.24) is 15.5 Å². The van der Waals surface area contributed by atoms with Gasteiger partial charge in [0.05, 0.1) is 5.56 Å². The van der Waals surface area contributed by atoms with Crippen LogP contribution in [0.25, 0.3) is 0 Å². The highest BCUT2D eigenvalue weighted by Crippen LogP contribution is 2.32. The fourth-order valence-corrected chi connectivity index (χ4v) is 3.72. The van der Waals surface area contributed by atoms with Gasteiger partial charge in [-0.2, -0.15) is 13.2 Å². The van der Waals surface area contributed by atoms with Crippen molar-refractivity contribution in [2.24, 2.45) is 5.73 Å². The van der Waals surface area contributed by atoms with Gasteiger partial charge in [-0.05, 0) is 51.0 Å². The maximum Gasteiger partial charge on any atom is 0.389 e. The lowest BCUT2D eigenvalue weighted by Crippen LogP contribution is -2.49. The Kier molecular flexibility index (Phi) is 7.44. The zero-order valence-electron chi connectivity index (χ0n) is 19.3. The number of carbonyl (C=O) groups excluding carboxylic acids is 1. The summed E-state index contributed by atoms with van der Waals surface area (Å²) < 4.78 is 84.7. The highest BCUT2D eigenvalue weighted by Gasteiger charge is 2.38. The normalized spacial score (nSPS) is 19.5. The van der Waals surface area contributed by atoms with Crippen molar-refractivity contribution in [3.63, 3.8) is 0 Å². The fraction of sp³-hybridized carbons (Fsp3) is 0.435. The Balaban J connectivity index is 1.69. The molecule has 2 atom stereocenters. The molecule has 0 saturated carbocycles. The number of ether oxygens (including phenoxy) is 1. The summed E-state index contributed by atoms with van der Waals surface area (Å²) in [6.07, 6.45) is -3.29. The van der Waals surface area contributed by atoms with Crippen molar-refractivity contribution in [3.8, 4) is 0 Å². The molecule has 0 radical (unpaired) electrons. The summed E-state index contributed by atoms with van der Waals surface area (Å²) in [6, 6.07) is 1.47. The van der Waals surface area contributed by atoms with Crippen LogP contribution in [0.4, 0.5) is 26.3 Å². The fourth-order valence-electron chi connectivity index (χ4n) is 3.72. The van der Waals surface area contributed by atoms with Crippen LogP contribution >= 0.6 is 0 Å². The van der Waals surface area contributed by atoms with E-state index in [0.29, 0.717) is 17.3 Å². The van der Waals surface area contributed by atoms with Crippen molar-refractivity contribution in [1.29, 1.82) is 0 Å². The van der Waals surface area contributed by atoms with E-state index in [0.717, 1.165) is 6.07 Å².